The molecule has 12 nitrogen and oxygen atoms in total. The second-order valence-corrected chi connectivity index (χ2v) is 10.3. The van der Waals surface area contributed by atoms with Crippen LogP contribution < -0.4 is 20.5 Å². The maximum Gasteiger partial charge on any atom is 0.422 e. The molecule has 0 atom stereocenters. The summed E-state index contributed by atoms with van der Waals surface area (Å²) in [6.45, 7) is -2.79. The van der Waals surface area contributed by atoms with Crippen LogP contribution in [0.4, 0.5) is 52.2 Å². The molecule has 51 heavy (non-hydrogen) atoms. The molecule has 0 aliphatic rings. The standard InChI is InChI=1S/C15H10F4N2O4.C8H6BrF3O.C7H5FN2O3/c16-11-5-2-6-12(21(23)24)13(11)14(22)20-9-3-1-4-10(7-9)25-8-15(17,18)19;9-6-2-1-3-7(4-6)13-5-8(10,11)12;8-4-2-1-3-5(10(12)13)6(4)7(9)11/h1-7H,8H2,(H,20,22);1-4H,5H2;1-3H,(H2,9,11). The highest BCUT2D eigenvalue weighted by molar-refractivity contribution is 9.10. The van der Waals surface area contributed by atoms with Gasteiger partial charge in [-0.15, -0.1) is 0 Å². The van der Waals surface area contributed by atoms with Crippen LogP contribution in [0.15, 0.2) is 89.4 Å². The van der Waals surface area contributed by atoms with Gasteiger partial charge in [0.1, 0.15) is 23.1 Å². The second kappa shape index (κ2) is 18.2. The van der Waals surface area contributed by atoms with Crippen molar-refractivity contribution in [1.82, 2.24) is 0 Å². The van der Waals surface area contributed by atoms with Gasteiger partial charge in [-0.2, -0.15) is 26.3 Å². The van der Waals surface area contributed by atoms with Crippen molar-refractivity contribution in [3.8, 4) is 11.5 Å². The minimum absolute atomic E-state index is 0.0118. The number of carbonyl (C=O) groups is 2. The van der Waals surface area contributed by atoms with Gasteiger partial charge in [-0.3, -0.25) is 29.8 Å². The Hall–Kier alpha value is -5.86. The summed E-state index contributed by atoms with van der Waals surface area (Å²) in [4.78, 5) is 42.2. The molecule has 4 aromatic rings. The average Bonchev–Trinajstić information content (AvgIpc) is 3.02. The monoisotopic (exact) mass is 796 g/mol. The first kappa shape index (κ1) is 41.3. The molecule has 0 fully saturated rings. The molecule has 4 rings (SSSR count). The molecule has 21 heteroatoms. The Morgan fingerprint density at radius 2 is 1.14 bits per heavy atom. The summed E-state index contributed by atoms with van der Waals surface area (Å²) in [5.41, 5.74) is 1.93. The van der Waals surface area contributed by atoms with E-state index >= 15 is 0 Å². The normalized spacial score (nSPS) is 10.8. The van der Waals surface area contributed by atoms with Crippen LogP contribution in [0.3, 0.4) is 0 Å². The lowest BCUT2D eigenvalue weighted by Crippen LogP contribution is -2.19. The first-order chi connectivity index (χ1) is 23.7. The van der Waals surface area contributed by atoms with E-state index in [1.165, 1.54) is 30.3 Å². The molecule has 0 aliphatic heterocycles. The molecule has 2 amide bonds. The van der Waals surface area contributed by atoms with E-state index in [0.717, 1.165) is 42.5 Å². The lowest BCUT2D eigenvalue weighted by Gasteiger charge is -2.11. The molecule has 0 saturated heterocycles. The van der Waals surface area contributed by atoms with E-state index in [4.69, 9.17) is 5.73 Å². The zero-order chi connectivity index (χ0) is 38.5. The Morgan fingerprint density at radius 3 is 1.57 bits per heavy atom. The minimum atomic E-state index is -4.53. The van der Waals surface area contributed by atoms with Gasteiger partial charge in [-0.05, 0) is 42.5 Å². The quantitative estimate of drug-likeness (QED) is 0.0969. The largest absolute Gasteiger partial charge is 0.484 e. The van der Waals surface area contributed by atoms with E-state index in [0.29, 0.717) is 4.47 Å². The predicted molar refractivity (Wildman–Crippen MR) is 166 cm³/mol. The number of nitrogens with zero attached hydrogens (tertiary/aromatic N) is 2. The summed E-state index contributed by atoms with van der Waals surface area (Å²) < 4.78 is 108. The van der Waals surface area contributed by atoms with Crippen LogP contribution in [-0.2, 0) is 0 Å². The van der Waals surface area contributed by atoms with E-state index in [9.17, 15) is 64.9 Å². The number of alkyl halides is 6. The highest BCUT2D eigenvalue weighted by atomic mass is 79.9. The van der Waals surface area contributed by atoms with Gasteiger partial charge in [0, 0.05) is 28.4 Å². The summed E-state index contributed by atoms with van der Waals surface area (Å²) in [5.74, 6) is -4.33. The second-order valence-electron chi connectivity index (χ2n) is 9.39. The van der Waals surface area contributed by atoms with E-state index < -0.39 is 81.4 Å². The number of nitro benzene ring substituents is 2. The number of ether oxygens (including phenoxy) is 2. The fraction of sp³-hybridized carbons (Fsp3) is 0.133. The first-order valence-corrected chi connectivity index (χ1v) is 14.2. The number of nitro groups is 2. The first-order valence-electron chi connectivity index (χ1n) is 13.4. The van der Waals surface area contributed by atoms with Gasteiger partial charge >= 0.3 is 12.4 Å². The number of halogens is 9. The molecule has 4 aromatic carbocycles. The van der Waals surface area contributed by atoms with Gasteiger partial charge in [0.05, 0.1) is 9.85 Å². The molecule has 0 spiro atoms. The number of carbonyl (C=O) groups excluding carboxylic acids is 2. The Balaban J connectivity index is 0.000000292. The van der Waals surface area contributed by atoms with Gasteiger partial charge in [0.25, 0.3) is 23.2 Å². The van der Waals surface area contributed by atoms with Crippen molar-refractivity contribution in [2.24, 2.45) is 5.73 Å². The lowest BCUT2D eigenvalue weighted by atomic mass is 10.1. The number of primary amides is 1. The highest BCUT2D eigenvalue weighted by Crippen LogP contribution is 2.26. The van der Waals surface area contributed by atoms with Gasteiger partial charge in [0.2, 0.25) is 0 Å². The molecule has 0 bridgehead atoms. The van der Waals surface area contributed by atoms with Crippen LogP contribution in [-0.4, -0.2) is 47.2 Å². The van der Waals surface area contributed by atoms with Gasteiger partial charge in [0.15, 0.2) is 24.3 Å². The smallest absolute Gasteiger partial charge is 0.422 e. The Morgan fingerprint density at radius 1 is 0.706 bits per heavy atom. The van der Waals surface area contributed by atoms with Crippen molar-refractivity contribution in [3.05, 3.63) is 132 Å². The molecule has 0 aliphatic carbocycles. The lowest BCUT2D eigenvalue weighted by molar-refractivity contribution is -0.385. The highest BCUT2D eigenvalue weighted by Gasteiger charge is 2.29. The van der Waals surface area contributed by atoms with Crippen molar-refractivity contribution in [2.45, 2.75) is 12.4 Å². The van der Waals surface area contributed by atoms with E-state index in [1.54, 1.807) is 12.1 Å². The Kier molecular flexibility index (Phi) is 14.8. The molecule has 3 N–H and O–H groups in total. The van der Waals surface area contributed by atoms with Crippen molar-refractivity contribution >= 4 is 44.8 Å². The number of anilines is 1. The SMILES string of the molecule is FC(F)(F)COc1cccc(Br)c1.NC(=O)c1c(F)cccc1[N+](=O)[O-].O=C(Nc1cccc(OCC(F)(F)F)c1)c1c(F)cccc1[N+](=O)[O-]. The molecule has 0 unspecified atom stereocenters. The fourth-order valence-corrected chi connectivity index (χ4v) is 3.92. The number of rotatable bonds is 9. The molecule has 0 radical (unpaired) electrons. The average molecular weight is 797 g/mol. The molecule has 0 heterocycles. The summed E-state index contributed by atoms with van der Waals surface area (Å²) in [5, 5.41) is 23.4. The van der Waals surface area contributed by atoms with Crippen LogP contribution in [0.1, 0.15) is 20.7 Å². The zero-order valence-corrected chi connectivity index (χ0v) is 26.7. The van der Waals surface area contributed by atoms with Crippen LogP contribution >= 0.6 is 15.9 Å². The third kappa shape index (κ3) is 14.3. The predicted octanol–water partition coefficient (Wildman–Crippen LogP) is 8.15. The number of nitrogens with one attached hydrogen (secondary N) is 1. The van der Waals surface area contributed by atoms with Crippen molar-refractivity contribution < 1.29 is 64.0 Å². The minimum Gasteiger partial charge on any atom is -0.484 e. The number of nitrogens with two attached hydrogens (primary N) is 1. The Bertz CT molecular complexity index is 1880. The number of benzene rings is 4. The third-order valence-corrected chi connectivity index (χ3v) is 6.04. The number of hydrogen-bond donors (Lipinski definition) is 2. The molecule has 0 aromatic heterocycles. The van der Waals surface area contributed by atoms with E-state index in [-0.39, 0.29) is 17.2 Å². The summed E-state index contributed by atoms with van der Waals surface area (Å²) >= 11 is 3.12. The summed E-state index contributed by atoms with van der Waals surface area (Å²) in [7, 11) is 0. The third-order valence-electron chi connectivity index (χ3n) is 5.54. The van der Waals surface area contributed by atoms with Crippen molar-refractivity contribution in [3.63, 3.8) is 0 Å². The maximum atomic E-state index is 13.8. The van der Waals surface area contributed by atoms with Crippen LogP contribution in [0.5, 0.6) is 11.5 Å². The number of hydrogen-bond acceptors (Lipinski definition) is 8. The molecular weight excluding hydrogens is 776 g/mol. The van der Waals surface area contributed by atoms with Gasteiger partial charge < -0.3 is 20.5 Å². The van der Waals surface area contributed by atoms with E-state index in [2.05, 4.69) is 30.7 Å². The van der Waals surface area contributed by atoms with Crippen molar-refractivity contribution in [2.75, 3.05) is 18.5 Å². The Labute approximate surface area is 289 Å². The van der Waals surface area contributed by atoms with Crippen LogP contribution in [0.2, 0.25) is 0 Å². The van der Waals surface area contributed by atoms with Crippen LogP contribution in [0, 0.1) is 31.9 Å². The topological polar surface area (TPSA) is 177 Å². The molecule has 0 saturated carbocycles. The molecule has 272 valence electrons. The number of amides is 2. The maximum absolute atomic E-state index is 13.8. The molecular formula is C30H21BrF8N4O8. The van der Waals surface area contributed by atoms with Crippen LogP contribution in [0.25, 0.3) is 0 Å². The van der Waals surface area contributed by atoms with Gasteiger partial charge in [-0.25, -0.2) is 8.78 Å². The van der Waals surface area contributed by atoms with Crippen molar-refractivity contribution in [1.29, 1.82) is 0 Å². The fourth-order valence-electron chi connectivity index (χ4n) is 3.54. The van der Waals surface area contributed by atoms with E-state index in [1.807, 2.05) is 0 Å². The summed E-state index contributed by atoms with van der Waals surface area (Å²) in [6.07, 6.45) is -8.82. The zero-order valence-electron chi connectivity index (χ0n) is 25.1. The summed E-state index contributed by atoms with van der Waals surface area (Å²) in [6, 6.07) is 17.2. The van der Waals surface area contributed by atoms with Gasteiger partial charge in [-0.1, -0.05) is 40.2 Å².